The lowest BCUT2D eigenvalue weighted by Gasteiger charge is -2.21. The van der Waals surface area contributed by atoms with E-state index in [4.69, 9.17) is 11.6 Å². The first kappa shape index (κ1) is 15.8. The van der Waals surface area contributed by atoms with E-state index in [1.54, 1.807) is 12.1 Å². The number of nitrogens with zero attached hydrogens (tertiary/aromatic N) is 1. The van der Waals surface area contributed by atoms with Gasteiger partial charge in [0, 0.05) is 17.8 Å². The molecule has 5 heteroatoms. The summed E-state index contributed by atoms with van der Waals surface area (Å²) in [4.78, 5) is 10.2. The molecule has 106 valence electrons. The summed E-state index contributed by atoms with van der Waals surface area (Å²) < 4.78 is 0. The molecule has 1 N–H and O–H groups in total. The van der Waals surface area contributed by atoms with Crippen molar-refractivity contribution in [2.24, 2.45) is 5.92 Å². The number of rotatable bonds is 7. The Morgan fingerprint density at radius 1 is 1.37 bits per heavy atom. The zero-order valence-electron chi connectivity index (χ0n) is 11.6. The molecule has 4 nitrogen and oxygen atoms in total. The molecule has 0 aliphatic heterocycles. The summed E-state index contributed by atoms with van der Waals surface area (Å²) in [6.45, 7) is 6.54. The first-order valence-corrected chi connectivity index (χ1v) is 7.06. The van der Waals surface area contributed by atoms with Crippen molar-refractivity contribution in [1.29, 1.82) is 0 Å². The number of hydrogen-bond acceptors (Lipinski definition) is 3. The molecule has 1 aromatic carbocycles. The van der Waals surface area contributed by atoms with Gasteiger partial charge in [-0.15, -0.1) is 0 Å². The molecule has 0 aliphatic carbocycles. The van der Waals surface area contributed by atoms with Crippen LogP contribution in [0.25, 0.3) is 0 Å². The molecular formula is C14H21ClN2O2. The van der Waals surface area contributed by atoms with E-state index >= 15 is 0 Å². The van der Waals surface area contributed by atoms with Gasteiger partial charge >= 0.3 is 0 Å². The van der Waals surface area contributed by atoms with Crippen molar-refractivity contribution < 1.29 is 4.92 Å². The van der Waals surface area contributed by atoms with Gasteiger partial charge in [0.1, 0.15) is 5.02 Å². The predicted molar refractivity (Wildman–Crippen MR) is 79.9 cm³/mol. The van der Waals surface area contributed by atoms with Crippen LogP contribution in [0, 0.1) is 16.0 Å². The summed E-state index contributed by atoms with van der Waals surface area (Å²) in [7, 11) is 0. The molecular weight excluding hydrogens is 264 g/mol. The lowest BCUT2D eigenvalue weighted by Crippen LogP contribution is -2.21. The highest BCUT2D eigenvalue weighted by atomic mass is 35.5. The van der Waals surface area contributed by atoms with Gasteiger partial charge in [0.2, 0.25) is 0 Å². The van der Waals surface area contributed by atoms with E-state index in [2.05, 4.69) is 26.1 Å². The summed E-state index contributed by atoms with van der Waals surface area (Å²) in [5.41, 5.74) is 0.785. The molecule has 1 aromatic rings. The third-order valence-electron chi connectivity index (χ3n) is 3.39. The molecule has 0 spiro atoms. The van der Waals surface area contributed by atoms with Crippen LogP contribution in [-0.2, 0) is 0 Å². The molecule has 1 rings (SSSR count). The van der Waals surface area contributed by atoms with Crippen LogP contribution in [0.15, 0.2) is 18.2 Å². The van der Waals surface area contributed by atoms with Crippen molar-refractivity contribution in [3.63, 3.8) is 0 Å². The fourth-order valence-corrected chi connectivity index (χ4v) is 2.21. The molecule has 0 saturated carbocycles. The zero-order chi connectivity index (χ0) is 14.4. The highest BCUT2D eigenvalue weighted by Crippen LogP contribution is 2.28. The van der Waals surface area contributed by atoms with Gasteiger partial charge in [0.05, 0.1) is 4.92 Å². The van der Waals surface area contributed by atoms with Gasteiger partial charge in [-0.1, -0.05) is 38.8 Å². The zero-order valence-corrected chi connectivity index (χ0v) is 12.4. The second-order valence-electron chi connectivity index (χ2n) is 4.92. The topological polar surface area (TPSA) is 55.2 Å². The van der Waals surface area contributed by atoms with E-state index in [9.17, 15) is 10.1 Å². The number of hydrogen-bond donors (Lipinski definition) is 1. The van der Waals surface area contributed by atoms with E-state index in [1.807, 2.05) is 0 Å². The Bertz CT molecular complexity index is 437. The molecule has 0 aliphatic rings. The smallest absolute Gasteiger partial charge is 0.288 e. The lowest BCUT2D eigenvalue weighted by atomic mass is 9.97. The minimum atomic E-state index is -0.470. The van der Waals surface area contributed by atoms with Crippen LogP contribution in [0.5, 0.6) is 0 Å². The second kappa shape index (κ2) is 7.34. The summed E-state index contributed by atoms with van der Waals surface area (Å²) in [6, 6.07) is 5.15. The minimum Gasteiger partial charge on any atom is -0.382 e. The third-order valence-corrected chi connectivity index (χ3v) is 3.69. The number of anilines is 1. The highest BCUT2D eigenvalue weighted by Gasteiger charge is 2.14. The first-order valence-electron chi connectivity index (χ1n) is 6.68. The standard InChI is InChI=1S/C14H21ClN2O2/c1-4-10(3)8-11(5-2)16-12-6-7-14(17(18)19)13(15)9-12/h6-7,9-11,16H,4-5,8H2,1-3H3. The van der Waals surface area contributed by atoms with Crippen molar-refractivity contribution in [3.8, 4) is 0 Å². The van der Waals surface area contributed by atoms with Crippen molar-refractivity contribution in [2.45, 2.75) is 46.1 Å². The Morgan fingerprint density at radius 3 is 2.53 bits per heavy atom. The summed E-state index contributed by atoms with van der Waals surface area (Å²) in [5.74, 6) is 0.658. The third kappa shape index (κ3) is 4.71. The van der Waals surface area contributed by atoms with Crippen LogP contribution in [0.3, 0.4) is 0 Å². The predicted octanol–water partition coefficient (Wildman–Crippen LogP) is 4.87. The molecule has 19 heavy (non-hydrogen) atoms. The molecule has 0 fully saturated rings. The maximum Gasteiger partial charge on any atom is 0.288 e. The monoisotopic (exact) mass is 284 g/mol. The second-order valence-corrected chi connectivity index (χ2v) is 5.33. The molecule has 0 radical (unpaired) electrons. The van der Waals surface area contributed by atoms with Crippen LogP contribution in [0.4, 0.5) is 11.4 Å². The molecule has 0 bridgehead atoms. The van der Waals surface area contributed by atoms with E-state index in [0.717, 1.165) is 24.9 Å². The van der Waals surface area contributed by atoms with Crippen LogP contribution < -0.4 is 5.32 Å². The van der Waals surface area contributed by atoms with Crippen LogP contribution >= 0.6 is 11.6 Å². The summed E-state index contributed by atoms with van der Waals surface area (Å²) in [6.07, 6.45) is 3.25. The molecule has 0 heterocycles. The number of nitro groups is 1. The first-order chi connectivity index (χ1) is 8.97. The largest absolute Gasteiger partial charge is 0.382 e. The Kier molecular flexibility index (Phi) is 6.09. The number of benzene rings is 1. The van der Waals surface area contributed by atoms with Crippen LogP contribution in [-0.4, -0.2) is 11.0 Å². The fourth-order valence-electron chi connectivity index (χ4n) is 1.96. The molecule has 0 saturated heterocycles. The Labute approximate surface area is 119 Å². The fraction of sp³-hybridized carbons (Fsp3) is 0.571. The van der Waals surface area contributed by atoms with Crippen LogP contribution in [0.2, 0.25) is 5.02 Å². The van der Waals surface area contributed by atoms with Crippen molar-refractivity contribution in [3.05, 3.63) is 33.3 Å². The van der Waals surface area contributed by atoms with Crippen LogP contribution in [0.1, 0.15) is 40.0 Å². The quantitative estimate of drug-likeness (QED) is 0.574. The summed E-state index contributed by atoms with van der Waals surface area (Å²) >= 11 is 5.90. The number of nitrogens with one attached hydrogen (secondary N) is 1. The Balaban J connectivity index is 2.75. The minimum absolute atomic E-state index is 0.0535. The maximum atomic E-state index is 10.7. The van der Waals surface area contributed by atoms with Gasteiger partial charge < -0.3 is 5.32 Å². The van der Waals surface area contributed by atoms with E-state index < -0.39 is 4.92 Å². The molecule has 0 amide bonds. The van der Waals surface area contributed by atoms with Gasteiger partial charge in [-0.3, -0.25) is 10.1 Å². The van der Waals surface area contributed by atoms with Gasteiger partial charge in [-0.05, 0) is 30.9 Å². The lowest BCUT2D eigenvalue weighted by molar-refractivity contribution is -0.384. The van der Waals surface area contributed by atoms with E-state index in [1.165, 1.54) is 6.07 Å². The average molecular weight is 285 g/mol. The van der Waals surface area contributed by atoms with Gasteiger partial charge in [0.25, 0.3) is 5.69 Å². The number of halogens is 1. The number of nitro benzene ring substituents is 1. The normalized spacial score (nSPS) is 13.9. The SMILES string of the molecule is CCC(C)CC(CC)Nc1ccc([N+](=O)[O-])c(Cl)c1. The van der Waals surface area contributed by atoms with Crippen molar-refractivity contribution >= 4 is 23.0 Å². The maximum absolute atomic E-state index is 10.7. The van der Waals surface area contributed by atoms with Gasteiger partial charge in [-0.2, -0.15) is 0 Å². The molecule has 0 aromatic heterocycles. The highest BCUT2D eigenvalue weighted by molar-refractivity contribution is 6.32. The Morgan fingerprint density at radius 2 is 2.05 bits per heavy atom. The molecule has 2 atom stereocenters. The van der Waals surface area contributed by atoms with E-state index in [0.29, 0.717) is 12.0 Å². The van der Waals surface area contributed by atoms with Crippen molar-refractivity contribution in [2.75, 3.05) is 5.32 Å². The summed E-state index contributed by atoms with van der Waals surface area (Å²) in [5, 5.41) is 14.3. The Hall–Kier alpha value is -1.29. The van der Waals surface area contributed by atoms with Gasteiger partial charge in [0.15, 0.2) is 0 Å². The average Bonchev–Trinajstić information content (AvgIpc) is 2.37. The van der Waals surface area contributed by atoms with E-state index in [-0.39, 0.29) is 10.7 Å². The van der Waals surface area contributed by atoms with Gasteiger partial charge in [-0.25, -0.2) is 0 Å². The van der Waals surface area contributed by atoms with Crippen molar-refractivity contribution in [1.82, 2.24) is 0 Å². The molecule has 2 unspecified atom stereocenters.